The van der Waals surface area contributed by atoms with E-state index in [0.29, 0.717) is 13.0 Å². The molecule has 2 atom stereocenters. The molecule has 28 heavy (non-hydrogen) atoms. The molecule has 7 heteroatoms. The lowest BCUT2D eigenvalue weighted by Gasteiger charge is -2.27. The maximum absolute atomic E-state index is 13.2. The summed E-state index contributed by atoms with van der Waals surface area (Å²) < 4.78 is 0. The van der Waals surface area contributed by atoms with Crippen LogP contribution in [0.2, 0.25) is 0 Å². The van der Waals surface area contributed by atoms with Crippen molar-refractivity contribution >= 4 is 29.2 Å². The molecule has 1 aromatic carbocycles. The molecule has 0 spiro atoms. The van der Waals surface area contributed by atoms with Gasteiger partial charge in [-0.3, -0.25) is 9.59 Å². The van der Waals surface area contributed by atoms with Crippen molar-refractivity contribution < 1.29 is 14.4 Å². The quantitative estimate of drug-likeness (QED) is 0.703. The van der Waals surface area contributed by atoms with E-state index in [9.17, 15) is 14.4 Å². The Kier molecular flexibility index (Phi) is 5.84. The highest BCUT2D eigenvalue weighted by molar-refractivity contribution is 7.09. The zero-order valence-electron chi connectivity index (χ0n) is 16.3. The SMILES string of the molecule is CCC1(c2ccc(C)cc2)NC(=O)N(C(C)C(=O)NCCc2cccs2)C1=O. The Morgan fingerprint density at radius 3 is 2.57 bits per heavy atom. The Bertz CT molecular complexity index is 864. The first-order chi connectivity index (χ1) is 13.4. The molecule has 0 bridgehead atoms. The molecule has 148 valence electrons. The number of thiophene rings is 1. The van der Waals surface area contributed by atoms with Gasteiger partial charge in [-0.05, 0) is 43.7 Å². The van der Waals surface area contributed by atoms with Crippen LogP contribution in [0.3, 0.4) is 0 Å². The van der Waals surface area contributed by atoms with Gasteiger partial charge in [0.2, 0.25) is 5.91 Å². The number of urea groups is 1. The summed E-state index contributed by atoms with van der Waals surface area (Å²) in [7, 11) is 0. The molecule has 2 unspecified atom stereocenters. The van der Waals surface area contributed by atoms with Gasteiger partial charge in [0.25, 0.3) is 5.91 Å². The number of rotatable bonds is 7. The van der Waals surface area contributed by atoms with E-state index in [1.165, 1.54) is 4.88 Å². The van der Waals surface area contributed by atoms with Crippen molar-refractivity contribution in [2.45, 2.75) is 45.2 Å². The molecule has 2 heterocycles. The molecule has 1 aliphatic rings. The zero-order chi connectivity index (χ0) is 20.3. The third kappa shape index (κ3) is 3.67. The molecule has 2 N–H and O–H groups in total. The van der Waals surface area contributed by atoms with Crippen LogP contribution in [0.1, 0.15) is 36.3 Å². The lowest BCUT2D eigenvalue weighted by atomic mass is 9.86. The van der Waals surface area contributed by atoms with Crippen LogP contribution in [0.25, 0.3) is 0 Å². The normalized spacial score (nSPS) is 20.2. The molecule has 0 radical (unpaired) electrons. The Hall–Kier alpha value is -2.67. The van der Waals surface area contributed by atoms with Crippen molar-refractivity contribution in [1.29, 1.82) is 0 Å². The maximum atomic E-state index is 13.2. The number of nitrogens with zero attached hydrogens (tertiary/aromatic N) is 1. The minimum absolute atomic E-state index is 0.337. The first-order valence-corrected chi connectivity index (χ1v) is 10.3. The molecular formula is C21H25N3O3S. The summed E-state index contributed by atoms with van der Waals surface area (Å²) in [6, 6.07) is 10.1. The van der Waals surface area contributed by atoms with Crippen molar-refractivity contribution in [1.82, 2.24) is 15.5 Å². The number of carbonyl (C=O) groups is 3. The second-order valence-corrected chi connectivity index (χ2v) is 8.06. The van der Waals surface area contributed by atoms with E-state index in [4.69, 9.17) is 0 Å². The number of benzene rings is 1. The fourth-order valence-corrected chi connectivity index (χ4v) is 4.16. The van der Waals surface area contributed by atoms with Gasteiger partial charge in [0.15, 0.2) is 0 Å². The maximum Gasteiger partial charge on any atom is 0.326 e. The van der Waals surface area contributed by atoms with Gasteiger partial charge in [-0.25, -0.2) is 9.69 Å². The Labute approximate surface area is 168 Å². The Morgan fingerprint density at radius 1 is 1.25 bits per heavy atom. The first kappa shape index (κ1) is 20.1. The van der Waals surface area contributed by atoms with Crippen LogP contribution in [-0.2, 0) is 21.5 Å². The minimum atomic E-state index is -1.13. The number of aryl methyl sites for hydroxylation is 1. The summed E-state index contributed by atoms with van der Waals surface area (Å²) in [6.07, 6.45) is 1.13. The highest BCUT2D eigenvalue weighted by Crippen LogP contribution is 2.33. The number of nitrogens with one attached hydrogen (secondary N) is 2. The van der Waals surface area contributed by atoms with Crippen LogP contribution in [0.5, 0.6) is 0 Å². The van der Waals surface area contributed by atoms with E-state index in [0.717, 1.165) is 22.4 Å². The number of carbonyl (C=O) groups excluding carboxylic acids is 3. The van der Waals surface area contributed by atoms with Crippen LogP contribution in [0, 0.1) is 6.92 Å². The molecule has 6 nitrogen and oxygen atoms in total. The molecule has 1 fully saturated rings. The second-order valence-electron chi connectivity index (χ2n) is 7.03. The van der Waals surface area contributed by atoms with E-state index in [-0.39, 0.29) is 11.8 Å². The Morgan fingerprint density at radius 2 is 1.96 bits per heavy atom. The first-order valence-electron chi connectivity index (χ1n) is 9.42. The molecule has 3 rings (SSSR count). The third-order valence-corrected chi connectivity index (χ3v) is 6.15. The monoisotopic (exact) mass is 399 g/mol. The number of hydrogen-bond acceptors (Lipinski definition) is 4. The van der Waals surface area contributed by atoms with E-state index in [1.54, 1.807) is 18.3 Å². The van der Waals surface area contributed by atoms with Crippen LogP contribution >= 0.6 is 11.3 Å². The number of imide groups is 1. The van der Waals surface area contributed by atoms with Crippen LogP contribution in [-0.4, -0.2) is 35.3 Å². The van der Waals surface area contributed by atoms with Gasteiger partial charge in [-0.15, -0.1) is 11.3 Å². The van der Waals surface area contributed by atoms with Gasteiger partial charge in [-0.1, -0.05) is 42.8 Å². The van der Waals surface area contributed by atoms with Gasteiger partial charge in [0, 0.05) is 11.4 Å². The van der Waals surface area contributed by atoms with Crippen molar-refractivity contribution in [3.05, 3.63) is 57.8 Å². The third-order valence-electron chi connectivity index (χ3n) is 5.22. The van der Waals surface area contributed by atoms with E-state index in [1.807, 2.05) is 55.6 Å². The lowest BCUT2D eigenvalue weighted by Crippen LogP contribution is -2.49. The lowest BCUT2D eigenvalue weighted by molar-refractivity contribution is -0.138. The van der Waals surface area contributed by atoms with Crippen LogP contribution < -0.4 is 10.6 Å². The summed E-state index contributed by atoms with van der Waals surface area (Å²) in [5.41, 5.74) is 0.671. The average Bonchev–Trinajstić information content (AvgIpc) is 3.28. The molecule has 0 aliphatic carbocycles. The fourth-order valence-electron chi connectivity index (χ4n) is 3.45. The van der Waals surface area contributed by atoms with Crippen molar-refractivity contribution in [3.8, 4) is 0 Å². The highest BCUT2D eigenvalue weighted by atomic mass is 32.1. The summed E-state index contributed by atoms with van der Waals surface area (Å²) in [5, 5.41) is 7.64. The smallest absolute Gasteiger partial charge is 0.326 e. The highest BCUT2D eigenvalue weighted by Gasteiger charge is 2.53. The average molecular weight is 400 g/mol. The van der Waals surface area contributed by atoms with Gasteiger partial charge < -0.3 is 10.6 Å². The van der Waals surface area contributed by atoms with E-state index < -0.39 is 17.6 Å². The van der Waals surface area contributed by atoms with Gasteiger partial charge in [-0.2, -0.15) is 0 Å². The van der Waals surface area contributed by atoms with Gasteiger partial charge in [0.1, 0.15) is 11.6 Å². The zero-order valence-corrected chi connectivity index (χ0v) is 17.1. The summed E-state index contributed by atoms with van der Waals surface area (Å²) >= 11 is 1.63. The predicted octanol–water partition coefficient (Wildman–Crippen LogP) is 2.96. The molecule has 1 saturated heterocycles. The van der Waals surface area contributed by atoms with Crippen molar-refractivity contribution in [3.63, 3.8) is 0 Å². The van der Waals surface area contributed by atoms with Gasteiger partial charge in [0.05, 0.1) is 0 Å². The van der Waals surface area contributed by atoms with E-state index >= 15 is 0 Å². The van der Waals surface area contributed by atoms with Crippen molar-refractivity contribution in [2.24, 2.45) is 0 Å². The number of amides is 4. The molecule has 0 saturated carbocycles. The Balaban J connectivity index is 1.72. The predicted molar refractivity (Wildman–Crippen MR) is 109 cm³/mol. The van der Waals surface area contributed by atoms with Crippen LogP contribution in [0.15, 0.2) is 41.8 Å². The fraction of sp³-hybridized carbons (Fsp3) is 0.381. The van der Waals surface area contributed by atoms with Gasteiger partial charge >= 0.3 is 6.03 Å². The standard InChI is InChI=1S/C21H25N3O3S/c1-4-21(16-9-7-14(2)8-10-16)19(26)24(20(27)23-21)15(3)18(25)22-12-11-17-6-5-13-28-17/h5-10,13,15H,4,11-12H2,1-3H3,(H,22,25)(H,23,27). The van der Waals surface area contributed by atoms with Crippen molar-refractivity contribution in [2.75, 3.05) is 6.54 Å². The molecular weight excluding hydrogens is 374 g/mol. The molecule has 4 amide bonds. The largest absolute Gasteiger partial charge is 0.354 e. The second kappa shape index (κ2) is 8.14. The number of hydrogen-bond donors (Lipinski definition) is 2. The topological polar surface area (TPSA) is 78.5 Å². The summed E-state index contributed by atoms with van der Waals surface area (Å²) in [4.78, 5) is 40.6. The summed E-state index contributed by atoms with van der Waals surface area (Å²) in [5.74, 6) is -0.722. The summed E-state index contributed by atoms with van der Waals surface area (Å²) in [6.45, 7) is 5.86. The molecule has 2 aromatic rings. The van der Waals surface area contributed by atoms with Crippen LogP contribution in [0.4, 0.5) is 4.79 Å². The van der Waals surface area contributed by atoms with E-state index in [2.05, 4.69) is 10.6 Å². The molecule has 1 aromatic heterocycles. The molecule has 1 aliphatic heterocycles. The minimum Gasteiger partial charge on any atom is -0.354 e.